The van der Waals surface area contributed by atoms with Gasteiger partial charge in [0.25, 0.3) is 0 Å². The first-order chi connectivity index (χ1) is 11.7. The van der Waals surface area contributed by atoms with Gasteiger partial charge in [0, 0.05) is 24.6 Å². The van der Waals surface area contributed by atoms with Crippen molar-refractivity contribution in [1.82, 2.24) is 4.98 Å². The Balaban J connectivity index is 1.66. The molecule has 2 heterocycles. The highest BCUT2D eigenvalue weighted by molar-refractivity contribution is 5.92. The van der Waals surface area contributed by atoms with Crippen LogP contribution in [0.5, 0.6) is 11.5 Å². The van der Waals surface area contributed by atoms with E-state index in [9.17, 15) is 0 Å². The molecule has 0 atom stereocenters. The normalized spacial score (nSPS) is 14.3. The van der Waals surface area contributed by atoms with Crippen LogP contribution >= 0.6 is 0 Å². The molecule has 3 rings (SSSR count). The Bertz CT molecular complexity index is 739. The van der Waals surface area contributed by atoms with Gasteiger partial charge < -0.3 is 24.9 Å². The van der Waals surface area contributed by atoms with Crippen LogP contribution in [0.25, 0.3) is 0 Å². The maximum absolute atomic E-state index is 5.95. The molecule has 0 amide bonds. The highest BCUT2D eigenvalue weighted by Crippen LogP contribution is 2.32. The van der Waals surface area contributed by atoms with Crippen molar-refractivity contribution in [3.63, 3.8) is 0 Å². The Morgan fingerprint density at radius 3 is 2.83 bits per heavy atom. The summed E-state index contributed by atoms with van der Waals surface area (Å²) in [5.41, 5.74) is 7.60. The summed E-state index contributed by atoms with van der Waals surface area (Å²) >= 11 is 0. The molecule has 0 saturated carbocycles. The molecule has 7 heteroatoms. The minimum absolute atomic E-state index is 0.304. The van der Waals surface area contributed by atoms with Crippen molar-refractivity contribution < 1.29 is 13.9 Å². The molecular weight excluding hydrogens is 308 g/mol. The predicted octanol–water partition coefficient (Wildman–Crippen LogP) is 2.63. The number of hydrogen-bond donors (Lipinski definition) is 2. The topological polar surface area (TPSA) is 94.9 Å². The number of ether oxygens (including phenoxy) is 2. The fourth-order valence-electron chi connectivity index (χ4n) is 2.37. The van der Waals surface area contributed by atoms with Crippen molar-refractivity contribution >= 4 is 11.6 Å². The van der Waals surface area contributed by atoms with Crippen LogP contribution in [0.1, 0.15) is 30.7 Å². The number of aryl methyl sites for hydroxylation is 2. The molecule has 0 saturated heterocycles. The number of nitrogens with two attached hydrogens (primary N) is 1. The van der Waals surface area contributed by atoms with Crippen LogP contribution in [0.4, 0.5) is 5.69 Å². The highest BCUT2D eigenvalue weighted by atomic mass is 16.5. The Kier molecular flexibility index (Phi) is 4.88. The van der Waals surface area contributed by atoms with E-state index in [1.54, 1.807) is 0 Å². The van der Waals surface area contributed by atoms with Gasteiger partial charge in [-0.25, -0.2) is 9.98 Å². The van der Waals surface area contributed by atoms with E-state index in [0.29, 0.717) is 37.4 Å². The van der Waals surface area contributed by atoms with Gasteiger partial charge in [-0.3, -0.25) is 0 Å². The highest BCUT2D eigenvalue weighted by Gasteiger charge is 2.11. The molecular formula is C17H22N4O3. The first-order valence-corrected chi connectivity index (χ1v) is 8.07. The van der Waals surface area contributed by atoms with Crippen LogP contribution < -0.4 is 20.5 Å². The van der Waals surface area contributed by atoms with Crippen molar-refractivity contribution in [2.24, 2.45) is 10.7 Å². The molecule has 24 heavy (non-hydrogen) atoms. The molecule has 128 valence electrons. The van der Waals surface area contributed by atoms with Crippen LogP contribution in [0.15, 0.2) is 27.6 Å². The van der Waals surface area contributed by atoms with E-state index in [-0.39, 0.29) is 0 Å². The van der Waals surface area contributed by atoms with Crippen LogP contribution in [0.2, 0.25) is 0 Å². The summed E-state index contributed by atoms with van der Waals surface area (Å²) in [7, 11) is 0. The summed E-state index contributed by atoms with van der Waals surface area (Å²) in [5, 5.41) is 3.05. The molecule has 7 nitrogen and oxygen atoms in total. The number of rotatable bonds is 4. The summed E-state index contributed by atoms with van der Waals surface area (Å²) < 4.78 is 16.9. The number of benzene rings is 1. The second kappa shape index (κ2) is 7.25. The monoisotopic (exact) mass is 330 g/mol. The SMILES string of the molecule is CCc1nc(C)c(CN=C(N)Nc2ccc3c(c2)OCCCO3)o1. The third-order valence-electron chi connectivity index (χ3n) is 3.65. The molecule has 0 radical (unpaired) electrons. The van der Waals surface area contributed by atoms with Gasteiger partial charge in [-0.15, -0.1) is 0 Å². The molecule has 0 bridgehead atoms. The van der Waals surface area contributed by atoms with Crippen molar-refractivity contribution in [2.45, 2.75) is 33.2 Å². The zero-order valence-electron chi connectivity index (χ0n) is 14.0. The Morgan fingerprint density at radius 1 is 1.29 bits per heavy atom. The van der Waals surface area contributed by atoms with Gasteiger partial charge in [0.2, 0.25) is 0 Å². The Labute approximate surface area is 140 Å². The number of nitrogens with one attached hydrogen (secondary N) is 1. The van der Waals surface area contributed by atoms with E-state index in [4.69, 9.17) is 19.6 Å². The summed E-state index contributed by atoms with van der Waals surface area (Å²) in [4.78, 5) is 8.63. The second-order valence-electron chi connectivity index (χ2n) is 5.51. The third-order valence-corrected chi connectivity index (χ3v) is 3.65. The lowest BCUT2D eigenvalue weighted by molar-refractivity contribution is 0.297. The number of hydrogen-bond acceptors (Lipinski definition) is 5. The van der Waals surface area contributed by atoms with Gasteiger partial charge in [-0.05, 0) is 19.1 Å². The van der Waals surface area contributed by atoms with Crippen LogP contribution in [-0.2, 0) is 13.0 Å². The number of nitrogens with zero attached hydrogens (tertiary/aromatic N) is 2. The van der Waals surface area contributed by atoms with E-state index < -0.39 is 0 Å². The second-order valence-corrected chi connectivity index (χ2v) is 5.51. The first kappa shape index (κ1) is 16.2. The quantitative estimate of drug-likeness (QED) is 0.661. The number of fused-ring (bicyclic) bond motifs is 1. The molecule has 0 fully saturated rings. The number of anilines is 1. The van der Waals surface area contributed by atoms with Gasteiger partial charge >= 0.3 is 0 Å². The molecule has 1 aliphatic rings. The predicted molar refractivity (Wildman–Crippen MR) is 91.6 cm³/mol. The van der Waals surface area contributed by atoms with E-state index in [2.05, 4.69) is 15.3 Å². The van der Waals surface area contributed by atoms with Gasteiger partial charge in [-0.1, -0.05) is 6.92 Å². The smallest absolute Gasteiger partial charge is 0.194 e. The lowest BCUT2D eigenvalue weighted by Gasteiger charge is -2.10. The maximum Gasteiger partial charge on any atom is 0.194 e. The van der Waals surface area contributed by atoms with Crippen molar-refractivity contribution in [3.8, 4) is 11.5 Å². The Hall–Kier alpha value is -2.70. The minimum atomic E-state index is 0.304. The van der Waals surface area contributed by atoms with Gasteiger partial charge in [0.1, 0.15) is 12.3 Å². The average molecular weight is 330 g/mol. The number of aliphatic imine (C=N–C) groups is 1. The molecule has 1 aromatic heterocycles. The van der Waals surface area contributed by atoms with Gasteiger partial charge in [0.05, 0.1) is 18.9 Å². The summed E-state index contributed by atoms with van der Waals surface area (Å²) in [6.07, 6.45) is 1.63. The standard InChI is InChI=1S/C17H22N4O3/c1-3-16-20-11(2)15(24-16)10-19-17(18)21-12-5-6-13-14(9-12)23-8-4-7-22-13/h5-6,9H,3-4,7-8,10H2,1-2H3,(H3,18,19,21). The summed E-state index contributed by atoms with van der Waals surface area (Å²) in [5.74, 6) is 3.21. The van der Waals surface area contributed by atoms with E-state index in [0.717, 1.165) is 35.7 Å². The van der Waals surface area contributed by atoms with Crippen molar-refractivity contribution in [2.75, 3.05) is 18.5 Å². The van der Waals surface area contributed by atoms with Crippen LogP contribution in [0.3, 0.4) is 0 Å². The minimum Gasteiger partial charge on any atom is -0.490 e. The molecule has 2 aromatic rings. The lowest BCUT2D eigenvalue weighted by Crippen LogP contribution is -2.22. The lowest BCUT2D eigenvalue weighted by atomic mass is 10.3. The molecule has 0 unspecified atom stereocenters. The fourth-order valence-corrected chi connectivity index (χ4v) is 2.37. The first-order valence-electron chi connectivity index (χ1n) is 8.07. The van der Waals surface area contributed by atoms with Crippen molar-refractivity contribution in [3.05, 3.63) is 35.5 Å². The zero-order chi connectivity index (χ0) is 16.9. The number of oxazole rings is 1. The largest absolute Gasteiger partial charge is 0.490 e. The fraction of sp³-hybridized carbons (Fsp3) is 0.412. The summed E-state index contributed by atoms with van der Waals surface area (Å²) in [6, 6.07) is 5.60. The van der Waals surface area contributed by atoms with E-state index >= 15 is 0 Å². The number of aromatic nitrogens is 1. The van der Waals surface area contributed by atoms with E-state index in [1.165, 1.54) is 0 Å². The van der Waals surface area contributed by atoms with E-state index in [1.807, 2.05) is 32.0 Å². The van der Waals surface area contributed by atoms with Crippen LogP contribution in [0, 0.1) is 6.92 Å². The van der Waals surface area contributed by atoms with Gasteiger partial charge in [-0.2, -0.15) is 0 Å². The molecule has 0 aliphatic carbocycles. The third kappa shape index (κ3) is 3.79. The Morgan fingerprint density at radius 2 is 2.08 bits per heavy atom. The maximum atomic E-state index is 5.95. The van der Waals surface area contributed by atoms with Gasteiger partial charge in [0.15, 0.2) is 23.3 Å². The molecule has 3 N–H and O–H groups in total. The van der Waals surface area contributed by atoms with Crippen LogP contribution in [-0.4, -0.2) is 24.2 Å². The summed E-state index contributed by atoms with van der Waals surface area (Å²) in [6.45, 7) is 5.56. The molecule has 1 aromatic carbocycles. The zero-order valence-corrected chi connectivity index (χ0v) is 14.0. The average Bonchev–Trinajstić information content (AvgIpc) is 2.78. The molecule has 1 aliphatic heterocycles. The molecule has 0 spiro atoms. The van der Waals surface area contributed by atoms with Crippen molar-refractivity contribution in [1.29, 1.82) is 0 Å². The number of guanidine groups is 1.